The predicted octanol–water partition coefficient (Wildman–Crippen LogP) is 2.95. The number of amides is 2. The van der Waals surface area contributed by atoms with Crippen molar-refractivity contribution in [2.45, 2.75) is 43.9 Å². The molecule has 174 valence electrons. The number of carbonyl (C=O) groups excluding carboxylic acids is 2. The molecule has 1 N–H and O–H groups in total. The van der Waals surface area contributed by atoms with Gasteiger partial charge in [0.1, 0.15) is 5.60 Å². The number of carbonyl (C=O) groups is 2. The Morgan fingerprint density at radius 2 is 1.91 bits per heavy atom. The zero-order valence-corrected chi connectivity index (χ0v) is 19.9. The van der Waals surface area contributed by atoms with Crippen molar-refractivity contribution in [1.29, 1.82) is 0 Å². The number of benzene rings is 1. The van der Waals surface area contributed by atoms with Gasteiger partial charge < -0.3 is 19.5 Å². The number of nitrogens with one attached hydrogen (secondary N) is 1. The van der Waals surface area contributed by atoms with Gasteiger partial charge >= 0.3 is 6.09 Å². The fraction of sp³-hybridized carbons (Fsp3) is 0.545. The van der Waals surface area contributed by atoms with Gasteiger partial charge in [-0.1, -0.05) is 17.3 Å². The highest BCUT2D eigenvalue weighted by molar-refractivity contribution is 7.98. The van der Waals surface area contributed by atoms with Crippen molar-refractivity contribution >= 4 is 23.8 Å². The molecule has 10 heteroatoms. The molecule has 2 amide bonds. The summed E-state index contributed by atoms with van der Waals surface area (Å²) in [6, 6.07) is 7.50. The van der Waals surface area contributed by atoms with Gasteiger partial charge in [0.05, 0.1) is 11.3 Å². The molecule has 3 rings (SSSR count). The maximum atomic E-state index is 12.7. The van der Waals surface area contributed by atoms with Gasteiger partial charge in [0.25, 0.3) is 5.91 Å². The van der Waals surface area contributed by atoms with E-state index in [1.807, 2.05) is 45.0 Å². The first-order valence-electron chi connectivity index (χ1n) is 10.7. The molecule has 1 aromatic heterocycles. The van der Waals surface area contributed by atoms with E-state index in [0.29, 0.717) is 42.7 Å². The molecule has 1 aliphatic rings. The van der Waals surface area contributed by atoms with Crippen molar-refractivity contribution in [3.05, 3.63) is 41.5 Å². The standard InChI is InChI=1S/C22H31N5O4S/c1-16-24-19(25-31-16)15-32-18-8-6-5-7-17(18)20(28)23-9-10-26-11-13-27(14-12-26)21(29)30-22(2,3)4/h5-8H,9-15H2,1-4H3,(H,23,28). The summed E-state index contributed by atoms with van der Waals surface area (Å²) in [5.74, 6) is 1.56. The molecule has 0 unspecified atom stereocenters. The summed E-state index contributed by atoms with van der Waals surface area (Å²) in [7, 11) is 0. The van der Waals surface area contributed by atoms with Crippen molar-refractivity contribution in [3.63, 3.8) is 0 Å². The van der Waals surface area contributed by atoms with E-state index in [1.54, 1.807) is 11.8 Å². The highest BCUT2D eigenvalue weighted by atomic mass is 32.2. The average Bonchev–Trinajstić information content (AvgIpc) is 3.17. The van der Waals surface area contributed by atoms with Crippen LogP contribution < -0.4 is 5.32 Å². The van der Waals surface area contributed by atoms with Crippen LogP contribution in [-0.2, 0) is 10.5 Å². The average molecular weight is 462 g/mol. The molecule has 0 aliphatic carbocycles. The number of thioether (sulfide) groups is 1. The number of rotatable bonds is 7. The van der Waals surface area contributed by atoms with Crippen LogP contribution in [0.2, 0.25) is 0 Å². The summed E-state index contributed by atoms with van der Waals surface area (Å²) >= 11 is 1.50. The molecule has 1 aliphatic heterocycles. The number of hydrogen-bond acceptors (Lipinski definition) is 8. The molecule has 9 nitrogen and oxygen atoms in total. The number of aryl methyl sites for hydroxylation is 1. The summed E-state index contributed by atoms with van der Waals surface area (Å²) in [6.45, 7) is 11.4. The van der Waals surface area contributed by atoms with Gasteiger partial charge in [-0.3, -0.25) is 9.69 Å². The van der Waals surface area contributed by atoms with Gasteiger partial charge in [-0.05, 0) is 32.9 Å². The van der Waals surface area contributed by atoms with Gasteiger partial charge in [0, 0.05) is 51.1 Å². The van der Waals surface area contributed by atoms with Gasteiger partial charge in [0.15, 0.2) is 5.82 Å². The molecule has 1 fully saturated rings. The lowest BCUT2D eigenvalue weighted by atomic mass is 10.2. The van der Waals surface area contributed by atoms with Gasteiger partial charge in [-0.15, -0.1) is 11.8 Å². The Labute approximate surface area is 192 Å². The van der Waals surface area contributed by atoms with Crippen LogP contribution in [0.5, 0.6) is 0 Å². The molecule has 0 bridgehead atoms. The summed E-state index contributed by atoms with van der Waals surface area (Å²) < 4.78 is 10.4. The van der Waals surface area contributed by atoms with Gasteiger partial charge in [0.2, 0.25) is 5.89 Å². The minimum absolute atomic E-state index is 0.107. The predicted molar refractivity (Wildman–Crippen MR) is 122 cm³/mol. The molecular formula is C22H31N5O4S. The van der Waals surface area contributed by atoms with E-state index in [-0.39, 0.29) is 12.0 Å². The Hall–Kier alpha value is -2.59. The molecule has 0 atom stereocenters. The van der Waals surface area contributed by atoms with Crippen LogP contribution in [0.15, 0.2) is 33.7 Å². The van der Waals surface area contributed by atoms with E-state index in [1.165, 1.54) is 11.8 Å². The fourth-order valence-electron chi connectivity index (χ4n) is 3.23. The SMILES string of the molecule is Cc1nc(CSc2ccccc2C(=O)NCCN2CCN(C(=O)OC(C)(C)C)CC2)no1. The van der Waals surface area contributed by atoms with Crippen molar-refractivity contribution in [3.8, 4) is 0 Å². The first kappa shape index (κ1) is 24.1. The van der Waals surface area contributed by atoms with Crippen molar-refractivity contribution in [1.82, 2.24) is 25.3 Å². The highest BCUT2D eigenvalue weighted by Crippen LogP contribution is 2.25. The number of piperazine rings is 1. The van der Waals surface area contributed by atoms with E-state index in [9.17, 15) is 9.59 Å². The molecular weight excluding hydrogens is 430 g/mol. The molecule has 1 aromatic carbocycles. The minimum Gasteiger partial charge on any atom is -0.444 e. The second-order valence-electron chi connectivity index (χ2n) is 8.58. The van der Waals surface area contributed by atoms with Crippen molar-refractivity contribution < 1.29 is 18.8 Å². The summed E-state index contributed by atoms with van der Waals surface area (Å²) in [5, 5.41) is 6.90. The zero-order chi connectivity index (χ0) is 23.1. The van der Waals surface area contributed by atoms with Crippen LogP contribution in [-0.4, -0.2) is 76.8 Å². The third kappa shape index (κ3) is 7.23. The monoisotopic (exact) mass is 461 g/mol. The van der Waals surface area contributed by atoms with Crippen LogP contribution in [0.4, 0.5) is 4.79 Å². The minimum atomic E-state index is -0.489. The first-order valence-corrected chi connectivity index (χ1v) is 11.7. The number of nitrogens with zero attached hydrogens (tertiary/aromatic N) is 4. The Kier molecular flexibility index (Phi) is 8.14. The molecule has 32 heavy (non-hydrogen) atoms. The van der Waals surface area contributed by atoms with Crippen LogP contribution in [0.25, 0.3) is 0 Å². The van der Waals surface area contributed by atoms with E-state index >= 15 is 0 Å². The van der Waals surface area contributed by atoms with Crippen LogP contribution in [0, 0.1) is 6.92 Å². The lowest BCUT2D eigenvalue weighted by molar-refractivity contribution is 0.0147. The normalized spacial score (nSPS) is 14.9. The third-order valence-corrected chi connectivity index (χ3v) is 5.87. The zero-order valence-electron chi connectivity index (χ0n) is 19.1. The molecule has 0 saturated carbocycles. The highest BCUT2D eigenvalue weighted by Gasteiger charge is 2.25. The fourth-order valence-corrected chi connectivity index (χ4v) is 4.12. The molecule has 1 saturated heterocycles. The topological polar surface area (TPSA) is 101 Å². The lowest BCUT2D eigenvalue weighted by Crippen LogP contribution is -2.51. The van der Waals surface area contributed by atoms with E-state index < -0.39 is 5.60 Å². The Morgan fingerprint density at radius 3 is 2.56 bits per heavy atom. The first-order chi connectivity index (χ1) is 15.2. The molecule has 2 aromatic rings. The number of hydrogen-bond donors (Lipinski definition) is 1. The molecule has 0 radical (unpaired) electrons. The lowest BCUT2D eigenvalue weighted by Gasteiger charge is -2.35. The third-order valence-electron chi connectivity index (χ3n) is 4.80. The van der Waals surface area contributed by atoms with Crippen molar-refractivity contribution in [2.75, 3.05) is 39.3 Å². The molecule has 2 heterocycles. The maximum absolute atomic E-state index is 12.7. The maximum Gasteiger partial charge on any atom is 0.410 e. The summed E-state index contributed by atoms with van der Waals surface area (Å²) in [6.07, 6.45) is -0.268. The van der Waals surface area contributed by atoms with Crippen LogP contribution in [0.3, 0.4) is 0 Å². The van der Waals surface area contributed by atoms with Crippen LogP contribution in [0.1, 0.15) is 42.8 Å². The Morgan fingerprint density at radius 1 is 1.19 bits per heavy atom. The van der Waals surface area contributed by atoms with Gasteiger partial charge in [-0.25, -0.2) is 4.79 Å². The quantitative estimate of drug-likeness (QED) is 0.628. The second-order valence-corrected chi connectivity index (χ2v) is 9.60. The van der Waals surface area contributed by atoms with Gasteiger partial charge in [-0.2, -0.15) is 4.98 Å². The van der Waals surface area contributed by atoms with E-state index in [2.05, 4.69) is 20.4 Å². The summed E-state index contributed by atoms with van der Waals surface area (Å²) in [5.41, 5.74) is 0.143. The Balaban J connectivity index is 1.42. The Bertz CT molecular complexity index is 919. The molecule has 0 spiro atoms. The van der Waals surface area contributed by atoms with Crippen LogP contribution >= 0.6 is 11.8 Å². The van der Waals surface area contributed by atoms with Crippen molar-refractivity contribution in [2.24, 2.45) is 0 Å². The van der Waals surface area contributed by atoms with E-state index in [4.69, 9.17) is 9.26 Å². The number of aromatic nitrogens is 2. The van der Waals surface area contributed by atoms with E-state index in [0.717, 1.165) is 24.5 Å². The second kappa shape index (κ2) is 10.8. The number of ether oxygens (including phenoxy) is 1. The smallest absolute Gasteiger partial charge is 0.410 e. The summed E-state index contributed by atoms with van der Waals surface area (Å²) in [4.78, 5) is 33.9. The largest absolute Gasteiger partial charge is 0.444 e.